The van der Waals surface area contributed by atoms with Crippen molar-refractivity contribution in [1.29, 1.82) is 0 Å². The number of aryl methyl sites for hydroxylation is 1. The average molecular weight is 333 g/mol. The number of hydrogen-bond donors (Lipinski definition) is 1. The second kappa shape index (κ2) is 8.25. The summed E-state index contributed by atoms with van der Waals surface area (Å²) in [4.78, 5) is 12.3. The smallest absolute Gasteiger partial charge is 0.224 e. The third-order valence-corrected chi connectivity index (χ3v) is 4.06. The molecule has 0 aliphatic heterocycles. The summed E-state index contributed by atoms with van der Waals surface area (Å²) < 4.78 is 13.2. The molecule has 0 aliphatic carbocycles. The lowest BCUT2D eigenvalue weighted by Crippen LogP contribution is -2.14. The second-order valence-electron chi connectivity index (χ2n) is 6.00. The lowest BCUT2D eigenvalue weighted by Gasteiger charge is -2.11. The van der Waals surface area contributed by atoms with Gasteiger partial charge in [0, 0.05) is 12.1 Å². The maximum Gasteiger partial charge on any atom is 0.224 e. The highest BCUT2D eigenvalue weighted by Gasteiger charge is 2.08. The monoisotopic (exact) mass is 333 g/mol. The summed E-state index contributed by atoms with van der Waals surface area (Å²) in [6.45, 7) is 0. The Bertz CT molecular complexity index is 845. The number of amides is 1. The van der Waals surface area contributed by atoms with Crippen LogP contribution in [0.1, 0.15) is 23.1 Å². The summed E-state index contributed by atoms with van der Waals surface area (Å²) in [5.74, 6) is -0.337. The molecule has 3 heteroatoms. The Labute approximate surface area is 147 Å². The highest BCUT2D eigenvalue weighted by molar-refractivity contribution is 5.91. The number of hydrogen-bond acceptors (Lipinski definition) is 1. The molecule has 0 saturated heterocycles. The molecule has 1 N–H and O–H groups in total. The second-order valence-corrected chi connectivity index (χ2v) is 6.00. The first-order valence-electron chi connectivity index (χ1n) is 8.37. The van der Waals surface area contributed by atoms with Crippen molar-refractivity contribution in [2.24, 2.45) is 0 Å². The van der Waals surface area contributed by atoms with Gasteiger partial charge in [0.1, 0.15) is 5.82 Å². The Kier molecular flexibility index (Phi) is 5.57. The van der Waals surface area contributed by atoms with Crippen LogP contribution in [0.2, 0.25) is 0 Å². The fourth-order valence-corrected chi connectivity index (χ4v) is 2.78. The van der Waals surface area contributed by atoms with E-state index < -0.39 is 0 Å². The molecule has 25 heavy (non-hydrogen) atoms. The Morgan fingerprint density at radius 2 is 1.56 bits per heavy atom. The maximum atomic E-state index is 13.2. The van der Waals surface area contributed by atoms with Gasteiger partial charge in [0.25, 0.3) is 0 Å². The molecule has 0 saturated carbocycles. The van der Waals surface area contributed by atoms with Gasteiger partial charge in [-0.3, -0.25) is 4.79 Å². The summed E-state index contributed by atoms with van der Waals surface area (Å²) in [5, 5.41) is 2.98. The van der Waals surface area contributed by atoms with Gasteiger partial charge in [-0.2, -0.15) is 0 Å². The normalized spacial score (nSPS) is 10.4. The number of rotatable bonds is 6. The van der Waals surface area contributed by atoms with Gasteiger partial charge >= 0.3 is 0 Å². The van der Waals surface area contributed by atoms with Gasteiger partial charge in [-0.25, -0.2) is 4.39 Å². The summed E-state index contributed by atoms with van der Waals surface area (Å²) in [5.41, 5.74) is 3.93. The largest absolute Gasteiger partial charge is 0.326 e. The van der Waals surface area contributed by atoms with Gasteiger partial charge in [0.15, 0.2) is 0 Å². The molecule has 0 fully saturated rings. The minimum atomic E-state index is -0.272. The lowest BCUT2D eigenvalue weighted by atomic mass is 10.0. The number of benzene rings is 3. The van der Waals surface area contributed by atoms with E-state index in [9.17, 15) is 9.18 Å². The van der Waals surface area contributed by atoms with Crippen molar-refractivity contribution in [3.8, 4) is 0 Å². The molecule has 0 atom stereocenters. The summed E-state index contributed by atoms with van der Waals surface area (Å²) in [7, 11) is 0. The van der Waals surface area contributed by atoms with Crippen LogP contribution in [0.5, 0.6) is 0 Å². The Morgan fingerprint density at radius 1 is 0.840 bits per heavy atom. The maximum absolute atomic E-state index is 13.2. The zero-order valence-electron chi connectivity index (χ0n) is 13.9. The van der Waals surface area contributed by atoms with Gasteiger partial charge in [-0.15, -0.1) is 0 Å². The van der Waals surface area contributed by atoms with Gasteiger partial charge in [-0.1, -0.05) is 60.7 Å². The van der Waals surface area contributed by atoms with Crippen molar-refractivity contribution in [1.82, 2.24) is 0 Å². The van der Waals surface area contributed by atoms with Crippen LogP contribution in [0, 0.1) is 5.82 Å². The molecule has 0 radical (unpaired) electrons. The van der Waals surface area contributed by atoms with Crippen LogP contribution < -0.4 is 5.32 Å². The minimum absolute atomic E-state index is 0.0650. The number of anilines is 1. The molecule has 0 heterocycles. The predicted molar refractivity (Wildman–Crippen MR) is 99.0 cm³/mol. The molecule has 1 amide bonds. The highest BCUT2D eigenvalue weighted by atomic mass is 19.1. The summed E-state index contributed by atoms with van der Waals surface area (Å²) in [6.07, 6.45) is 1.61. The molecule has 3 rings (SSSR count). The quantitative estimate of drug-likeness (QED) is 0.676. The van der Waals surface area contributed by atoms with E-state index in [0.717, 1.165) is 23.2 Å². The van der Waals surface area contributed by atoms with Crippen molar-refractivity contribution in [2.75, 3.05) is 5.32 Å². The van der Waals surface area contributed by atoms with E-state index in [1.807, 2.05) is 48.5 Å². The zero-order chi connectivity index (χ0) is 17.5. The topological polar surface area (TPSA) is 29.1 Å². The third-order valence-electron chi connectivity index (χ3n) is 4.06. The Hall–Kier alpha value is -2.94. The van der Waals surface area contributed by atoms with E-state index in [0.29, 0.717) is 12.8 Å². The Morgan fingerprint density at radius 3 is 2.36 bits per heavy atom. The van der Waals surface area contributed by atoms with E-state index in [4.69, 9.17) is 0 Å². The fourth-order valence-electron chi connectivity index (χ4n) is 2.78. The number of halogens is 1. The van der Waals surface area contributed by atoms with E-state index in [1.165, 1.54) is 17.7 Å². The predicted octanol–water partition coefficient (Wildman–Crippen LogP) is 4.99. The van der Waals surface area contributed by atoms with Crippen LogP contribution in [0.3, 0.4) is 0 Å². The van der Waals surface area contributed by atoms with Crippen molar-refractivity contribution >= 4 is 11.6 Å². The molecule has 0 spiro atoms. The number of nitrogens with one attached hydrogen (secondary N) is 1. The molecule has 3 aromatic carbocycles. The first kappa shape index (κ1) is 16.9. The van der Waals surface area contributed by atoms with Crippen molar-refractivity contribution < 1.29 is 9.18 Å². The van der Waals surface area contributed by atoms with Crippen molar-refractivity contribution in [3.63, 3.8) is 0 Å². The molecule has 0 bridgehead atoms. The molecule has 0 aliphatic rings. The van der Waals surface area contributed by atoms with E-state index in [1.54, 1.807) is 6.07 Å². The van der Waals surface area contributed by atoms with Gasteiger partial charge < -0.3 is 5.32 Å². The SMILES string of the molecule is O=C(CCc1cccc(F)c1)Nc1ccccc1Cc1ccccc1. The van der Waals surface area contributed by atoms with Gasteiger partial charge in [-0.05, 0) is 47.7 Å². The number of para-hydroxylation sites is 1. The van der Waals surface area contributed by atoms with Crippen LogP contribution in [0.4, 0.5) is 10.1 Å². The average Bonchev–Trinajstić information content (AvgIpc) is 2.63. The van der Waals surface area contributed by atoms with Gasteiger partial charge in [0.05, 0.1) is 0 Å². The minimum Gasteiger partial charge on any atom is -0.326 e. The number of carbonyl (C=O) groups excluding carboxylic acids is 1. The van der Waals surface area contributed by atoms with Crippen LogP contribution in [0.25, 0.3) is 0 Å². The first-order chi connectivity index (χ1) is 12.2. The molecular formula is C22H20FNO. The third kappa shape index (κ3) is 5.01. The highest BCUT2D eigenvalue weighted by Crippen LogP contribution is 2.19. The van der Waals surface area contributed by atoms with E-state index in [2.05, 4.69) is 17.4 Å². The van der Waals surface area contributed by atoms with E-state index >= 15 is 0 Å². The lowest BCUT2D eigenvalue weighted by molar-refractivity contribution is -0.116. The van der Waals surface area contributed by atoms with Crippen LogP contribution in [-0.4, -0.2) is 5.91 Å². The fraction of sp³-hybridized carbons (Fsp3) is 0.136. The van der Waals surface area contributed by atoms with Crippen molar-refractivity contribution in [3.05, 3.63) is 101 Å². The summed E-state index contributed by atoms with van der Waals surface area (Å²) >= 11 is 0. The Balaban J connectivity index is 1.63. The number of carbonyl (C=O) groups is 1. The molecule has 0 unspecified atom stereocenters. The first-order valence-corrected chi connectivity index (χ1v) is 8.37. The molecule has 0 aromatic heterocycles. The van der Waals surface area contributed by atoms with Crippen LogP contribution >= 0.6 is 0 Å². The molecule has 126 valence electrons. The molecule has 2 nitrogen and oxygen atoms in total. The molecular weight excluding hydrogens is 313 g/mol. The summed E-state index contributed by atoms with van der Waals surface area (Å²) in [6, 6.07) is 24.3. The van der Waals surface area contributed by atoms with Crippen LogP contribution in [-0.2, 0) is 17.6 Å². The van der Waals surface area contributed by atoms with Gasteiger partial charge in [0.2, 0.25) is 5.91 Å². The van der Waals surface area contributed by atoms with Crippen LogP contribution in [0.15, 0.2) is 78.9 Å². The molecule has 3 aromatic rings. The van der Waals surface area contributed by atoms with Crippen molar-refractivity contribution in [2.45, 2.75) is 19.3 Å². The van der Waals surface area contributed by atoms with E-state index in [-0.39, 0.29) is 11.7 Å². The zero-order valence-corrected chi connectivity index (χ0v) is 13.9. The standard InChI is InChI=1S/C22H20FNO/c23-20-11-6-9-18(16-20)13-14-22(25)24-21-12-5-4-10-19(21)15-17-7-2-1-3-8-17/h1-12,16H,13-15H2,(H,24,25).